The Morgan fingerprint density at radius 3 is 2.61 bits per heavy atom. The number of nitrogens with zero attached hydrogens (tertiary/aromatic N) is 2. The van der Waals surface area contributed by atoms with Gasteiger partial charge in [0.25, 0.3) is 0 Å². The molecule has 1 N–H and O–H groups in total. The molecule has 1 aromatic heterocycles. The van der Waals surface area contributed by atoms with Crippen LogP contribution in [0.4, 0.5) is 5.69 Å². The number of nitriles is 1. The van der Waals surface area contributed by atoms with Crippen molar-refractivity contribution in [3.05, 3.63) is 63.0 Å². The van der Waals surface area contributed by atoms with Gasteiger partial charge in [-0.3, -0.25) is 0 Å². The summed E-state index contributed by atoms with van der Waals surface area (Å²) in [6, 6.07) is 12.8. The molecule has 2 aromatic carbocycles. The molecule has 3 rings (SSSR count). The first-order valence-corrected chi connectivity index (χ1v) is 9.69. The first kappa shape index (κ1) is 20.0. The zero-order valence-corrected chi connectivity index (χ0v) is 17.3. The molecule has 0 amide bonds. The molecule has 1 heterocycles. The van der Waals surface area contributed by atoms with Crippen LogP contribution in [0, 0.1) is 11.3 Å². The number of thiazole rings is 1. The van der Waals surface area contributed by atoms with Gasteiger partial charge in [0.15, 0.2) is 11.5 Å². The molecule has 0 spiro atoms. The van der Waals surface area contributed by atoms with E-state index in [1.807, 2.05) is 11.4 Å². The van der Waals surface area contributed by atoms with Crippen molar-refractivity contribution in [3.8, 4) is 28.8 Å². The monoisotopic (exact) mass is 431 g/mol. The Balaban J connectivity index is 1.84. The highest BCUT2D eigenvalue weighted by Crippen LogP contribution is 2.33. The minimum absolute atomic E-state index is 0.399. The summed E-state index contributed by atoms with van der Waals surface area (Å²) < 4.78 is 10.5. The average molecular weight is 432 g/mol. The van der Waals surface area contributed by atoms with Crippen molar-refractivity contribution < 1.29 is 9.47 Å². The first-order valence-electron chi connectivity index (χ1n) is 8.06. The number of anilines is 1. The molecule has 142 valence electrons. The van der Waals surface area contributed by atoms with E-state index in [-0.39, 0.29) is 0 Å². The van der Waals surface area contributed by atoms with E-state index in [4.69, 9.17) is 32.7 Å². The second-order valence-corrected chi connectivity index (χ2v) is 7.25. The van der Waals surface area contributed by atoms with Gasteiger partial charge in [-0.15, -0.1) is 11.3 Å². The third-order valence-electron chi connectivity index (χ3n) is 3.83. The lowest BCUT2D eigenvalue weighted by atomic mass is 10.2. The largest absolute Gasteiger partial charge is 0.493 e. The van der Waals surface area contributed by atoms with E-state index >= 15 is 0 Å². The van der Waals surface area contributed by atoms with E-state index in [1.165, 1.54) is 11.3 Å². The van der Waals surface area contributed by atoms with Gasteiger partial charge >= 0.3 is 0 Å². The first-order chi connectivity index (χ1) is 13.5. The van der Waals surface area contributed by atoms with Crippen molar-refractivity contribution in [2.24, 2.45) is 0 Å². The van der Waals surface area contributed by atoms with E-state index in [9.17, 15) is 5.26 Å². The molecule has 0 aliphatic carbocycles. The SMILES string of the molecule is COc1ccc(N/C=C(\C#N)c2nc(-c3ccc(Cl)cc3Cl)cs2)cc1OC. The third kappa shape index (κ3) is 4.39. The molecule has 0 aliphatic rings. The predicted molar refractivity (Wildman–Crippen MR) is 114 cm³/mol. The molecule has 0 fully saturated rings. The highest BCUT2D eigenvalue weighted by Gasteiger charge is 2.12. The Morgan fingerprint density at radius 1 is 1.14 bits per heavy atom. The van der Waals surface area contributed by atoms with E-state index in [0.717, 1.165) is 11.3 Å². The summed E-state index contributed by atoms with van der Waals surface area (Å²) in [5, 5.41) is 16.1. The van der Waals surface area contributed by atoms with Crippen LogP contribution in [0.1, 0.15) is 5.01 Å². The fourth-order valence-corrected chi connectivity index (χ4v) is 3.73. The van der Waals surface area contributed by atoms with Crippen LogP contribution in [0.15, 0.2) is 48.0 Å². The molecule has 0 atom stereocenters. The van der Waals surface area contributed by atoms with Gasteiger partial charge in [-0.2, -0.15) is 5.26 Å². The number of allylic oxidation sites excluding steroid dienone is 1. The maximum atomic E-state index is 9.53. The van der Waals surface area contributed by atoms with Crippen molar-refractivity contribution in [1.82, 2.24) is 4.98 Å². The Morgan fingerprint density at radius 2 is 1.93 bits per heavy atom. The molecular weight excluding hydrogens is 417 g/mol. The number of hydrogen-bond acceptors (Lipinski definition) is 6. The molecule has 0 bridgehead atoms. The maximum absolute atomic E-state index is 9.53. The quantitative estimate of drug-likeness (QED) is 0.476. The molecule has 0 saturated heterocycles. The molecule has 0 aliphatic heterocycles. The number of benzene rings is 2. The molecule has 0 saturated carbocycles. The number of halogens is 2. The minimum atomic E-state index is 0.399. The maximum Gasteiger partial charge on any atom is 0.162 e. The lowest BCUT2D eigenvalue weighted by Gasteiger charge is -2.09. The lowest BCUT2D eigenvalue weighted by molar-refractivity contribution is 0.355. The second-order valence-electron chi connectivity index (χ2n) is 5.55. The van der Waals surface area contributed by atoms with Gasteiger partial charge in [0.2, 0.25) is 0 Å². The smallest absolute Gasteiger partial charge is 0.162 e. The number of aromatic nitrogens is 1. The summed E-state index contributed by atoms with van der Waals surface area (Å²) in [5.74, 6) is 1.22. The Kier molecular flexibility index (Phi) is 6.42. The van der Waals surface area contributed by atoms with Crippen LogP contribution in [0.2, 0.25) is 10.0 Å². The number of nitrogens with one attached hydrogen (secondary N) is 1. The topological polar surface area (TPSA) is 67.2 Å². The summed E-state index contributed by atoms with van der Waals surface area (Å²) in [5.41, 5.74) is 2.60. The van der Waals surface area contributed by atoms with Gasteiger partial charge in [0, 0.05) is 33.9 Å². The van der Waals surface area contributed by atoms with Crippen molar-refractivity contribution >= 4 is 45.8 Å². The van der Waals surface area contributed by atoms with Gasteiger partial charge < -0.3 is 14.8 Å². The number of hydrogen-bond donors (Lipinski definition) is 1. The highest BCUT2D eigenvalue weighted by atomic mass is 35.5. The van der Waals surface area contributed by atoms with Gasteiger partial charge in [0.1, 0.15) is 16.6 Å². The molecular formula is C20H15Cl2N3O2S. The second kappa shape index (κ2) is 8.98. The van der Waals surface area contributed by atoms with Gasteiger partial charge in [0.05, 0.1) is 24.9 Å². The summed E-state index contributed by atoms with van der Waals surface area (Å²) in [7, 11) is 3.14. The number of methoxy groups -OCH3 is 2. The Bertz CT molecular complexity index is 1070. The minimum Gasteiger partial charge on any atom is -0.493 e. The third-order valence-corrected chi connectivity index (χ3v) is 5.25. The van der Waals surface area contributed by atoms with Crippen LogP contribution in [-0.4, -0.2) is 19.2 Å². The van der Waals surface area contributed by atoms with Crippen molar-refractivity contribution in [1.29, 1.82) is 5.26 Å². The number of ether oxygens (including phenoxy) is 2. The summed E-state index contributed by atoms with van der Waals surface area (Å²) in [4.78, 5) is 4.53. The van der Waals surface area contributed by atoms with Crippen molar-refractivity contribution in [3.63, 3.8) is 0 Å². The highest BCUT2D eigenvalue weighted by molar-refractivity contribution is 7.11. The standard InChI is InChI=1S/C20H15Cl2N3O2S/c1-26-18-6-4-14(8-19(18)27-2)24-10-12(9-23)20-25-17(11-28-20)15-5-3-13(21)7-16(15)22/h3-8,10-11,24H,1-2H3/b12-10+. The molecule has 8 heteroatoms. The summed E-state index contributed by atoms with van der Waals surface area (Å²) in [6.07, 6.45) is 1.60. The fourth-order valence-electron chi connectivity index (χ4n) is 2.44. The van der Waals surface area contributed by atoms with E-state index in [0.29, 0.717) is 37.8 Å². The molecule has 3 aromatic rings. The predicted octanol–water partition coefficient (Wildman–Crippen LogP) is 6.11. The van der Waals surface area contributed by atoms with Crippen molar-refractivity contribution in [2.45, 2.75) is 0 Å². The van der Waals surface area contributed by atoms with Crippen LogP contribution in [0.25, 0.3) is 16.8 Å². The molecule has 0 unspecified atom stereocenters. The summed E-state index contributed by atoms with van der Waals surface area (Å²) >= 11 is 13.6. The van der Waals surface area contributed by atoms with Gasteiger partial charge in [-0.05, 0) is 30.3 Å². The van der Waals surface area contributed by atoms with Crippen LogP contribution in [0.5, 0.6) is 11.5 Å². The van der Waals surface area contributed by atoms with Gasteiger partial charge in [-0.1, -0.05) is 23.2 Å². The Labute approximate surface area is 176 Å². The van der Waals surface area contributed by atoms with E-state index in [1.54, 1.807) is 50.8 Å². The summed E-state index contributed by atoms with van der Waals surface area (Å²) in [6.45, 7) is 0. The van der Waals surface area contributed by atoms with E-state index < -0.39 is 0 Å². The molecule has 28 heavy (non-hydrogen) atoms. The van der Waals surface area contributed by atoms with Gasteiger partial charge in [-0.25, -0.2) is 4.98 Å². The lowest BCUT2D eigenvalue weighted by Crippen LogP contribution is -1.94. The van der Waals surface area contributed by atoms with E-state index in [2.05, 4.69) is 16.4 Å². The van der Waals surface area contributed by atoms with Crippen LogP contribution < -0.4 is 14.8 Å². The Hall–Kier alpha value is -2.72. The zero-order chi connectivity index (χ0) is 20.1. The fraction of sp³-hybridized carbons (Fsp3) is 0.100. The molecule has 5 nitrogen and oxygen atoms in total. The zero-order valence-electron chi connectivity index (χ0n) is 15.0. The van der Waals surface area contributed by atoms with Crippen LogP contribution in [0.3, 0.4) is 0 Å². The number of rotatable bonds is 6. The molecule has 0 radical (unpaired) electrons. The van der Waals surface area contributed by atoms with Crippen molar-refractivity contribution in [2.75, 3.05) is 19.5 Å². The van der Waals surface area contributed by atoms with Crippen LogP contribution in [-0.2, 0) is 0 Å². The normalized spacial score (nSPS) is 11.0. The van der Waals surface area contributed by atoms with Crippen LogP contribution >= 0.6 is 34.5 Å². The average Bonchev–Trinajstić information content (AvgIpc) is 3.17.